The maximum atomic E-state index is 11.0. The molecule has 0 saturated heterocycles. The predicted molar refractivity (Wildman–Crippen MR) is 92.9 cm³/mol. The lowest BCUT2D eigenvalue weighted by molar-refractivity contribution is -0.0990. The van der Waals surface area contributed by atoms with E-state index in [9.17, 15) is 15.3 Å². The van der Waals surface area contributed by atoms with Crippen molar-refractivity contribution in [2.45, 2.75) is 76.1 Å². The molecule has 0 spiro atoms. The summed E-state index contributed by atoms with van der Waals surface area (Å²) in [6.07, 6.45) is 13.8. The van der Waals surface area contributed by atoms with Crippen LogP contribution in [0.4, 0.5) is 0 Å². The largest absolute Gasteiger partial charge is 0.393 e. The van der Waals surface area contributed by atoms with E-state index < -0.39 is 11.7 Å². The number of terminal acetylenes is 1. The minimum Gasteiger partial charge on any atom is -0.393 e. The third-order valence-electron chi connectivity index (χ3n) is 8.11. The molecule has 3 heteroatoms. The van der Waals surface area contributed by atoms with E-state index in [1.165, 1.54) is 5.57 Å². The number of hydrogen-bond acceptors (Lipinski definition) is 3. The van der Waals surface area contributed by atoms with E-state index in [4.69, 9.17) is 6.42 Å². The van der Waals surface area contributed by atoms with Crippen molar-refractivity contribution in [2.24, 2.45) is 29.1 Å². The van der Waals surface area contributed by atoms with Crippen molar-refractivity contribution in [3.63, 3.8) is 0 Å². The molecule has 3 nitrogen and oxygen atoms in total. The van der Waals surface area contributed by atoms with Gasteiger partial charge in [0, 0.05) is 6.42 Å². The fraction of sp³-hybridized carbons (Fsp3) is 0.810. The minimum atomic E-state index is -1.09. The Bertz CT molecular complexity index is 590. The predicted octanol–water partition coefficient (Wildman–Crippen LogP) is 2.65. The molecule has 4 aliphatic carbocycles. The molecule has 0 aromatic carbocycles. The lowest BCUT2D eigenvalue weighted by Crippen LogP contribution is -2.50. The first-order chi connectivity index (χ1) is 11.4. The fourth-order valence-corrected chi connectivity index (χ4v) is 6.83. The fourth-order valence-electron chi connectivity index (χ4n) is 6.83. The lowest BCUT2D eigenvalue weighted by atomic mass is 9.50. The van der Waals surface area contributed by atoms with Gasteiger partial charge < -0.3 is 15.3 Å². The Balaban J connectivity index is 1.64. The highest BCUT2D eigenvalue weighted by Crippen LogP contribution is 2.63. The topological polar surface area (TPSA) is 60.7 Å². The first-order valence-corrected chi connectivity index (χ1v) is 9.61. The van der Waals surface area contributed by atoms with Crippen molar-refractivity contribution in [3.05, 3.63) is 11.6 Å². The third-order valence-corrected chi connectivity index (χ3v) is 8.11. The van der Waals surface area contributed by atoms with Crippen LogP contribution in [0.1, 0.15) is 58.3 Å². The maximum Gasteiger partial charge on any atom is 0.104 e. The highest BCUT2D eigenvalue weighted by Gasteiger charge is 2.60. The molecule has 132 valence electrons. The van der Waals surface area contributed by atoms with Crippen LogP contribution in [0.25, 0.3) is 0 Å². The second-order valence-corrected chi connectivity index (χ2v) is 9.02. The van der Waals surface area contributed by atoms with Gasteiger partial charge in [-0.3, -0.25) is 0 Å². The second-order valence-electron chi connectivity index (χ2n) is 9.02. The highest BCUT2D eigenvalue weighted by molar-refractivity contribution is 5.25. The molecule has 0 aliphatic heterocycles. The van der Waals surface area contributed by atoms with Gasteiger partial charge in [-0.1, -0.05) is 18.6 Å². The van der Waals surface area contributed by atoms with Gasteiger partial charge >= 0.3 is 0 Å². The van der Waals surface area contributed by atoms with Gasteiger partial charge in [-0.05, 0) is 74.0 Å². The molecule has 3 saturated carbocycles. The zero-order chi connectivity index (χ0) is 17.1. The van der Waals surface area contributed by atoms with Gasteiger partial charge in [0.15, 0.2) is 0 Å². The molecule has 4 rings (SSSR count). The van der Waals surface area contributed by atoms with E-state index in [1.54, 1.807) is 0 Å². The minimum absolute atomic E-state index is 0.137. The summed E-state index contributed by atoms with van der Waals surface area (Å²) < 4.78 is 0. The SMILES string of the molecule is C#CC[C@@]1(O)C2CC[C@H]3[C@@H](CC=C4C[C@@H](O)CC[C@@]43C)[C@@H]2C[C@@H]1O. The molecule has 24 heavy (non-hydrogen) atoms. The summed E-state index contributed by atoms with van der Waals surface area (Å²) in [6, 6.07) is 0. The molecule has 0 radical (unpaired) electrons. The normalized spacial score (nSPS) is 53.4. The summed E-state index contributed by atoms with van der Waals surface area (Å²) >= 11 is 0. The maximum absolute atomic E-state index is 11.0. The Labute approximate surface area is 145 Å². The van der Waals surface area contributed by atoms with Crippen molar-refractivity contribution in [3.8, 4) is 12.3 Å². The number of aliphatic hydroxyl groups is 3. The molecule has 3 fully saturated rings. The molecular weight excluding hydrogens is 300 g/mol. The molecular formula is C21H30O3. The molecule has 0 heterocycles. The van der Waals surface area contributed by atoms with E-state index in [0.29, 0.717) is 24.2 Å². The van der Waals surface area contributed by atoms with E-state index in [2.05, 4.69) is 18.9 Å². The van der Waals surface area contributed by atoms with Crippen LogP contribution in [-0.4, -0.2) is 33.1 Å². The van der Waals surface area contributed by atoms with Gasteiger partial charge in [-0.25, -0.2) is 0 Å². The zero-order valence-electron chi connectivity index (χ0n) is 14.6. The van der Waals surface area contributed by atoms with Crippen LogP contribution < -0.4 is 0 Å². The van der Waals surface area contributed by atoms with Crippen molar-refractivity contribution in [1.82, 2.24) is 0 Å². The second kappa shape index (κ2) is 5.59. The summed E-state index contributed by atoms with van der Waals surface area (Å²) in [5.41, 5.74) is 0.571. The monoisotopic (exact) mass is 330 g/mol. The molecule has 0 amide bonds. The van der Waals surface area contributed by atoms with Crippen LogP contribution in [0.5, 0.6) is 0 Å². The van der Waals surface area contributed by atoms with Gasteiger partial charge in [0.1, 0.15) is 5.60 Å². The van der Waals surface area contributed by atoms with E-state index >= 15 is 0 Å². The molecule has 0 bridgehead atoms. The Kier molecular flexibility index (Phi) is 3.88. The first-order valence-electron chi connectivity index (χ1n) is 9.61. The van der Waals surface area contributed by atoms with Crippen LogP contribution in [0.3, 0.4) is 0 Å². The molecule has 3 N–H and O–H groups in total. The number of rotatable bonds is 1. The molecule has 0 aromatic rings. The Morgan fingerprint density at radius 3 is 2.71 bits per heavy atom. The molecule has 1 unspecified atom stereocenters. The van der Waals surface area contributed by atoms with Crippen molar-refractivity contribution >= 4 is 0 Å². The van der Waals surface area contributed by atoms with Crippen LogP contribution in [0.2, 0.25) is 0 Å². The average molecular weight is 330 g/mol. The molecule has 0 aromatic heterocycles. The van der Waals surface area contributed by atoms with E-state index in [-0.39, 0.29) is 23.9 Å². The quantitative estimate of drug-likeness (QED) is 0.512. The Morgan fingerprint density at radius 2 is 1.96 bits per heavy atom. The van der Waals surface area contributed by atoms with Crippen LogP contribution >= 0.6 is 0 Å². The number of hydrogen-bond donors (Lipinski definition) is 3. The standard InChI is InChI=1S/C21H30O3/c1-3-9-21(24)18-7-6-17-15(16(18)12-19(21)23)5-4-13-11-14(22)8-10-20(13,17)2/h1,4,14-19,22-24H,5-12H2,2H3/t14-,15-,16-,17-,18?,19-,20-,21+/m0/s1. The highest BCUT2D eigenvalue weighted by atomic mass is 16.3. The Morgan fingerprint density at radius 1 is 1.21 bits per heavy atom. The number of aliphatic hydroxyl groups excluding tert-OH is 2. The third kappa shape index (κ3) is 2.16. The van der Waals surface area contributed by atoms with Gasteiger partial charge in [0.05, 0.1) is 12.2 Å². The van der Waals surface area contributed by atoms with Gasteiger partial charge in [0.2, 0.25) is 0 Å². The number of allylic oxidation sites excluding steroid dienone is 1. The Hall–Kier alpha value is -0.820. The van der Waals surface area contributed by atoms with Crippen LogP contribution in [-0.2, 0) is 0 Å². The summed E-state index contributed by atoms with van der Waals surface area (Å²) in [7, 11) is 0. The average Bonchev–Trinajstić information content (AvgIpc) is 2.80. The van der Waals surface area contributed by atoms with Crippen molar-refractivity contribution in [2.75, 3.05) is 0 Å². The summed E-state index contributed by atoms with van der Waals surface area (Å²) in [4.78, 5) is 0. The summed E-state index contributed by atoms with van der Waals surface area (Å²) in [5, 5.41) is 31.6. The lowest BCUT2D eigenvalue weighted by Gasteiger charge is -2.55. The summed E-state index contributed by atoms with van der Waals surface area (Å²) in [5.74, 6) is 4.26. The number of fused-ring (bicyclic) bond motifs is 5. The van der Waals surface area contributed by atoms with Crippen LogP contribution in [0, 0.1) is 41.4 Å². The van der Waals surface area contributed by atoms with Crippen molar-refractivity contribution < 1.29 is 15.3 Å². The van der Waals surface area contributed by atoms with Crippen LogP contribution in [0.15, 0.2) is 11.6 Å². The smallest absolute Gasteiger partial charge is 0.104 e. The first kappa shape index (κ1) is 16.6. The van der Waals surface area contributed by atoms with E-state index in [0.717, 1.165) is 38.5 Å². The molecule has 8 atom stereocenters. The van der Waals surface area contributed by atoms with Gasteiger partial charge in [-0.15, -0.1) is 12.3 Å². The summed E-state index contributed by atoms with van der Waals surface area (Å²) in [6.45, 7) is 2.39. The van der Waals surface area contributed by atoms with Crippen molar-refractivity contribution in [1.29, 1.82) is 0 Å². The van der Waals surface area contributed by atoms with E-state index in [1.807, 2.05) is 0 Å². The molecule has 4 aliphatic rings. The van der Waals surface area contributed by atoms with Gasteiger partial charge in [-0.2, -0.15) is 0 Å². The van der Waals surface area contributed by atoms with Gasteiger partial charge in [0.25, 0.3) is 0 Å². The zero-order valence-corrected chi connectivity index (χ0v) is 14.6.